The van der Waals surface area contributed by atoms with Crippen LogP contribution in [-0.2, 0) is 26.2 Å². The van der Waals surface area contributed by atoms with Crippen LogP contribution < -0.4 is 9.62 Å². The molecule has 0 spiro atoms. The molecule has 1 aliphatic carbocycles. The molecule has 9 heteroatoms. The molecule has 0 aliphatic heterocycles. The van der Waals surface area contributed by atoms with Crippen molar-refractivity contribution in [2.45, 2.75) is 82.3 Å². The molecular weight excluding hydrogens is 570 g/mol. The molecule has 0 heterocycles. The fourth-order valence-electron chi connectivity index (χ4n) is 5.35. The van der Waals surface area contributed by atoms with Gasteiger partial charge in [-0.05, 0) is 72.7 Å². The highest BCUT2D eigenvalue weighted by Crippen LogP contribution is 2.27. The summed E-state index contributed by atoms with van der Waals surface area (Å²) in [6.45, 7) is 5.67. The van der Waals surface area contributed by atoms with Crippen molar-refractivity contribution < 1.29 is 18.0 Å². The Kier molecular flexibility index (Phi) is 10.7. The first-order chi connectivity index (χ1) is 20.1. The molecule has 3 aromatic rings. The number of rotatable bonds is 12. The SMILES string of the molecule is CC[C@@H](C(=O)NC1CCCC1)N(Cc1ccc(Cl)cc1)C(=O)CN(c1ccc(C(C)C)cc1)S(=O)(=O)c1ccccc1. The molecule has 3 aromatic carbocycles. The minimum atomic E-state index is -4.10. The fourth-order valence-corrected chi connectivity index (χ4v) is 6.91. The Labute approximate surface area is 254 Å². The number of carbonyl (C=O) groups excluding carboxylic acids is 2. The Bertz CT molecular complexity index is 1440. The van der Waals surface area contributed by atoms with Crippen molar-refractivity contribution in [3.63, 3.8) is 0 Å². The van der Waals surface area contributed by atoms with Gasteiger partial charge in [-0.3, -0.25) is 13.9 Å². The van der Waals surface area contributed by atoms with Crippen molar-refractivity contribution >= 4 is 39.1 Å². The van der Waals surface area contributed by atoms with E-state index in [9.17, 15) is 18.0 Å². The number of hydrogen-bond donors (Lipinski definition) is 1. The largest absolute Gasteiger partial charge is 0.352 e. The Balaban J connectivity index is 1.71. The first-order valence-corrected chi connectivity index (χ1v) is 16.4. The van der Waals surface area contributed by atoms with Crippen molar-refractivity contribution in [2.24, 2.45) is 0 Å². The van der Waals surface area contributed by atoms with E-state index in [4.69, 9.17) is 11.6 Å². The fraction of sp³-hybridized carbons (Fsp3) is 0.394. The van der Waals surface area contributed by atoms with Gasteiger partial charge in [0.15, 0.2) is 0 Å². The maximum absolute atomic E-state index is 14.2. The van der Waals surface area contributed by atoms with E-state index in [1.54, 1.807) is 42.5 Å². The van der Waals surface area contributed by atoms with Gasteiger partial charge in [0.25, 0.3) is 10.0 Å². The molecule has 1 atom stereocenters. The minimum Gasteiger partial charge on any atom is -0.352 e. The number of hydrogen-bond acceptors (Lipinski definition) is 4. The number of benzene rings is 3. The highest BCUT2D eigenvalue weighted by molar-refractivity contribution is 7.92. The van der Waals surface area contributed by atoms with Crippen LogP contribution in [0, 0.1) is 0 Å². The number of amides is 2. The summed E-state index contributed by atoms with van der Waals surface area (Å²) in [6, 6.07) is 21.7. The van der Waals surface area contributed by atoms with Crippen LogP contribution in [0.4, 0.5) is 5.69 Å². The van der Waals surface area contributed by atoms with Crippen LogP contribution in [0.2, 0.25) is 5.02 Å². The van der Waals surface area contributed by atoms with Gasteiger partial charge in [-0.15, -0.1) is 0 Å². The highest BCUT2D eigenvalue weighted by atomic mass is 35.5. The summed E-state index contributed by atoms with van der Waals surface area (Å²) >= 11 is 6.10. The number of anilines is 1. The quantitative estimate of drug-likeness (QED) is 0.253. The second kappa shape index (κ2) is 14.2. The van der Waals surface area contributed by atoms with Gasteiger partial charge in [-0.1, -0.05) is 87.7 Å². The molecule has 0 saturated heterocycles. The van der Waals surface area contributed by atoms with Crippen LogP contribution in [0.1, 0.15) is 69.9 Å². The van der Waals surface area contributed by atoms with E-state index < -0.39 is 28.5 Å². The predicted molar refractivity (Wildman–Crippen MR) is 168 cm³/mol. The standard InChI is InChI=1S/C33H40ClN3O4S/c1-4-31(33(39)35-28-10-8-9-11-28)36(22-25-14-18-27(34)19-15-25)32(38)23-37(29-20-16-26(17-21-29)24(2)3)42(40,41)30-12-6-5-7-13-30/h5-7,12-21,24,28,31H,4,8-11,22-23H2,1-3H3,(H,35,39)/t31-/m0/s1. The number of carbonyl (C=O) groups is 2. The van der Waals surface area contributed by atoms with Crippen molar-refractivity contribution in [3.05, 3.63) is 95.0 Å². The number of nitrogens with zero attached hydrogens (tertiary/aromatic N) is 2. The monoisotopic (exact) mass is 609 g/mol. The van der Waals surface area contributed by atoms with Crippen molar-refractivity contribution in [3.8, 4) is 0 Å². The average Bonchev–Trinajstić information content (AvgIpc) is 3.50. The van der Waals surface area contributed by atoms with Crippen LogP contribution >= 0.6 is 11.6 Å². The lowest BCUT2D eigenvalue weighted by molar-refractivity contribution is -0.140. The maximum Gasteiger partial charge on any atom is 0.264 e. The van der Waals surface area contributed by atoms with E-state index in [0.717, 1.165) is 41.1 Å². The van der Waals surface area contributed by atoms with Crippen LogP contribution in [0.5, 0.6) is 0 Å². The molecule has 1 aliphatic rings. The molecule has 1 fully saturated rings. The molecule has 1 saturated carbocycles. The first kappa shape index (κ1) is 31.6. The van der Waals surface area contributed by atoms with Gasteiger partial charge in [-0.2, -0.15) is 0 Å². The van der Waals surface area contributed by atoms with Gasteiger partial charge in [0, 0.05) is 17.6 Å². The smallest absolute Gasteiger partial charge is 0.264 e. The second-order valence-electron chi connectivity index (χ2n) is 11.1. The molecule has 224 valence electrons. The molecule has 0 unspecified atom stereocenters. The molecule has 42 heavy (non-hydrogen) atoms. The van der Waals surface area contributed by atoms with E-state index in [1.165, 1.54) is 17.0 Å². The third-order valence-corrected chi connectivity index (χ3v) is 9.85. The van der Waals surface area contributed by atoms with Crippen molar-refractivity contribution in [1.29, 1.82) is 0 Å². The zero-order valence-corrected chi connectivity index (χ0v) is 26.1. The summed E-state index contributed by atoms with van der Waals surface area (Å²) in [5.41, 5.74) is 2.23. The Hall–Kier alpha value is -3.36. The topological polar surface area (TPSA) is 86.8 Å². The molecule has 0 bridgehead atoms. The number of halogens is 1. The zero-order chi connectivity index (χ0) is 30.3. The summed E-state index contributed by atoms with van der Waals surface area (Å²) < 4.78 is 29.1. The third kappa shape index (κ3) is 7.72. The maximum atomic E-state index is 14.2. The van der Waals surface area contributed by atoms with Crippen LogP contribution in [0.25, 0.3) is 0 Å². The van der Waals surface area contributed by atoms with Crippen LogP contribution in [0.15, 0.2) is 83.8 Å². The van der Waals surface area contributed by atoms with Gasteiger partial charge in [0.05, 0.1) is 10.6 Å². The van der Waals surface area contributed by atoms with Gasteiger partial charge >= 0.3 is 0 Å². The van der Waals surface area contributed by atoms with E-state index in [0.29, 0.717) is 17.1 Å². The molecule has 4 rings (SSSR count). The van der Waals surface area contributed by atoms with E-state index in [-0.39, 0.29) is 29.3 Å². The first-order valence-electron chi connectivity index (χ1n) is 14.6. The van der Waals surface area contributed by atoms with Crippen molar-refractivity contribution in [1.82, 2.24) is 10.2 Å². The van der Waals surface area contributed by atoms with Crippen LogP contribution in [0.3, 0.4) is 0 Å². The lowest BCUT2D eigenvalue weighted by Gasteiger charge is -2.34. The molecular formula is C33H40ClN3O4S. The Morgan fingerprint density at radius 3 is 2.12 bits per heavy atom. The van der Waals surface area contributed by atoms with E-state index >= 15 is 0 Å². The average molecular weight is 610 g/mol. The van der Waals surface area contributed by atoms with E-state index in [2.05, 4.69) is 19.2 Å². The number of nitrogens with one attached hydrogen (secondary N) is 1. The van der Waals surface area contributed by atoms with Crippen molar-refractivity contribution in [2.75, 3.05) is 10.8 Å². The minimum absolute atomic E-state index is 0.0843. The molecule has 0 aromatic heterocycles. The molecule has 2 amide bonds. The summed E-state index contributed by atoms with van der Waals surface area (Å²) in [5, 5.41) is 3.69. The van der Waals surface area contributed by atoms with Gasteiger partial charge in [0.2, 0.25) is 11.8 Å². The molecule has 7 nitrogen and oxygen atoms in total. The Morgan fingerprint density at radius 1 is 0.929 bits per heavy atom. The van der Waals surface area contributed by atoms with Gasteiger partial charge in [-0.25, -0.2) is 8.42 Å². The normalized spacial score (nSPS) is 14.5. The Morgan fingerprint density at radius 2 is 1.55 bits per heavy atom. The molecule has 0 radical (unpaired) electrons. The zero-order valence-electron chi connectivity index (χ0n) is 24.5. The summed E-state index contributed by atoms with van der Waals surface area (Å²) in [4.78, 5) is 29.3. The van der Waals surface area contributed by atoms with Gasteiger partial charge in [0.1, 0.15) is 12.6 Å². The van der Waals surface area contributed by atoms with Gasteiger partial charge < -0.3 is 10.2 Å². The summed E-state index contributed by atoms with van der Waals surface area (Å²) in [6.07, 6.45) is 4.35. The lowest BCUT2D eigenvalue weighted by atomic mass is 10.0. The summed E-state index contributed by atoms with van der Waals surface area (Å²) in [7, 11) is -4.10. The lowest BCUT2D eigenvalue weighted by Crippen LogP contribution is -2.53. The summed E-state index contributed by atoms with van der Waals surface area (Å²) in [5.74, 6) is -0.422. The molecule has 1 N–H and O–H groups in total. The number of sulfonamides is 1. The third-order valence-electron chi connectivity index (χ3n) is 7.81. The van der Waals surface area contributed by atoms with E-state index in [1.807, 2.05) is 31.2 Å². The second-order valence-corrected chi connectivity index (χ2v) is 13.4. The highest BCUT2D eigenvalue weighted by Gasteiger charge is 2.34. The van der Waals surface area contributed by atoms with Crippen LogP contribution in [-0.4, -0.2) is 43.8 Å². The predicted octanol–water partition coefficient (Wildman–Crippen LogP) is 6.52.